The molecule has 2 rings (SSSR count). The maximum absolute atomic E-state index is 8.70. The lowest BCUT2D eigenvalue weighted by Gasteiger charge is -2.08. The summed E-state index contributed by atoms with van der Waals surface area (Å²) in [6, 6.07) is 15.2. The second-order valence-electron chi connectivity index (χ2n) is 4.92. The van der Waals surface area contributed by atoms with Gasteiger partial charge in [0, 0.05) is 0 Å². The van der Waals surface area contributed by atoms with E-state index in [2.05, 4.69) is 0 Å². The normalized spacial score (nSPS) is 10.5. The first-order valence-corrected chi connectivity index (χ1v) is 7.55. The molecule has 5 heteroatoms. The van der Waals surface area contributed by atoms with Crippen molar-refractivity contribution in [3.63, 3.8) is 0 Å². The van der Waals surface area contributed by atoms with Crippen LogP contribution in [-0.2, 0) is 18.0 Å². The van der Waals surface area contributed by atoms with Gasteiger partial charge >= 0.3 is 0 Å². The monoisotopic (exact) mass is 318 g/mol. The van der Waals surface area contributed by atoms with Crippen LogP contribution >= 0.6 is 0 Å². The molecule has 0 aliphatic heterocycles. The van der Waals surface area contributed by atoms with E-state index in [1.165, 1.54) is 0 Å². The van der Waals surface area contributed by atoms with E-state index in [1.54, 1.807) is 0 Å². The quantitative estimate of drug-likeness (QED) is 0.702. The van der Waals surface area contributed by atoms with Gasteiger partial charge in [0.25, 0.3) is 0 Å². The molecule has 0 atom stereocenters. The van der Waals surface area contributed by atoms with E-state index < -0.39 is 0 Å². The third-order valence-corrected chi connectivity index (χ3v) is 3.10. The number of benzene rings is 2. The van der Waals surface area contributed by atoms with Gasteiger partial charge in [-0.25, -0.2) is 0 Å². The molecule has 5 nitrogen and oxygen atoms in total. The summed E-state index contributed by atoms with van der Waals surface area (Å²) in [6.07, 6.45) is 0. The summed E-state index contributed by atoms with van der Waals surface area (Å²) in [5.74, 6) is 1.47. The molecule has 124 valence electrons. The van der Waals surface area contributed by atoms with Crippen LogP contribution in [0.15, 0.2) is 48.5 Å². The lowest BCUT2D eigenvalue weighted by atomic mass is 10.2. The summed E-state index contributed by atoms with van der Waals surface area (Å²) in [7, 11) is 0. The zero-order valence-electron chi connectivity index (χ0n) is 13.0. The summed E-state index contributed by atoms with van der Waals surface area (Å²) in [4.78, 5) is 0. The van der Waals surface area contributed by atoms with Crippen LogP contribution in [0, 0.1) is 0 Å². The molecule has 0 fully saturated rings. The third kappa shape index (κ3) is 6.28. The molecule has 0 saturated carbocycles. The Kier molecular flexibility index (Phi) is 7.39. The maximum atomic E-state index is 8.70. The molecule has 0 amide bonds. The van der Waals surface area contributed by atoms with Crippen molar-refractivity contribution in [1.29, 1.82) is 0 Å². The first-order valence-electron chi connectivity index (χ1n) is 7.55. The highest BCUT2D eigenvalue weighted by Gasteiger charge is 1.99. The van der Waals surface area contributed by atoms with Crippen LogP contribution in [-0.4, -0.2) is 36.6 Å². The average Bonchev–Trinajstić information content (AvgIpc) is 2.60. The van der Waals surface area contributed by atoms with Gasteiger partial charge in [0.05, 0.1) is 26.4 Å². The van der Waals surface area contributed by atoms with Gasteiger partial charge in [-0.2, -0.15) is 0 Å². The van der Waals surface area contributed by atoms with Gasteiger partial charge in [0.2, 0.25) is 0 Å². The molecule has 0 saturated heterocycles. The van der Waals surface area contributed by atoms with E-state index >= 15 is 0 Å². The molecule has 0 aromatic heterocycles. The summed E-state index contributed by atoms with van der Waals surface area (Å²) in [6.45, 7) is 1.65. The van der Waals surface area contributed by atoms with Gasteiger partial charge in [0.15, 0.2) is 0 Å². The zero-order valence-corrected chi connectivity index (χ0v) is 13.0. The maximum Gasteiger partial charge on any atom is 0.119 e. The van der Waals surface area contributed by atoms with Crippen LogP contribution < -0.4 is 9.47 Å². The highest BCUT2D eigenvalue weighted by Crippen LogP contribution is 2.15. The fourth-order valence-corrected chi connectivity index (χ4v) is 1.98. The Morgan fingerprint density at radius 1 is 0.609 bits per heavy atom. The molecule has 2 aromatic carbocycles. The predicted molar refractivity (Wildman–Crippen MR) is 86.5 cm³/mol. The summed E-state index contributed by atoms with van der Waals surface area (Å²) >= 11 is 0. The predicted octanol–water partition coefficient (Wildman–Crippen LogP) is 2.15. The van der Waals surface area contributed by atoms with Crippen LogP contribution in [0.3, 0.4) is 0 Å². The molecule has 0 bridgehead atoms. The smallest absolute Gasteiger partial charge is 0.119 e. The Hall–Kier alpha value is -2.08. The third-order valence-electron chi connectivity index (χ3n) is 3.10. The number of aliphatic hydroxyl groups is 2. The molecular formula is C18H22O5. The van der Waals surface area contributed by atoms with Crippen molar-refractivity contribution in [2.45, 2.75) is 13.2 Å². The number of aliphatic hydroxyl groups excluding tert-OH is 2. The molecule has 0 radical (unpaired) electrons. The van der Waals surface area contributed by atoms with Crippen molar-refractivity contribution < 1.29 is 24.4 Å². The number of ether oxygens (including phenoxy) is 3. The van der Waals surface area contributed by atoms with Crippen molar-refractivity contribution in [3.8, 4) is 11.5 Å². The van der Waals surface area contributed by atoms with Crippen LogP contribution in [0.2, 0.25) is 0 Å². The number of hydrogen-bond donors (Lipinski definition) is 2. The molecule has 0 heterocycles. The van der Waals surface area contributed by atoms with E-state index in [0.29, 0.717) is 26.4 Å². The fraction of sp³-hybridized carbons (Fsp3) is 0.333. The van der Waals surface area contributed by atoms with E-state index in [9.17, 15) is 0 Å². The summed E-state index contributed by atoms with van der Waals surface area (Å²) < 4.78 is 16.3. The SMILES string of the molecule is OCCOc1ccc(COCc2ccc(OCCO)cc2)cc1. The standard InChI is InChI=1S/C18H22O5/c19-9-11-22-17-5-1-15(2-6-17)13-21-14-16-3-7-18(8-4-16)23-12-10-20/h1-8,19-20H,9-14H2. The minimum Gasteiger partial charge on any atom is -0.491 e. The molecule has 0 unspecified atom stereocenters. The molecule has 0 aliphatic rings. The Morgan fingerprint density at radius 2 is 1.00 bits per heavy atom. The van der Waals surface area contributed by atoms with E-state index in [0.717, 1.165) is 22.6 Å². The van der Waals surface area contributed by atoms with Gasteiger partial charge in [-0.3, -0.25) is 0 Å². The Bertz CT molecular complexity index is 499. The second kappa shape index (κ2) is 9.84. The van der Waals surface area contributed by atoms with Crippen LogP contribution in [0.1, 0.15) is 11.1 Å². The van der Waals surface area contributed by atoms with E-state index in [-0.39, 0.29) is 13.2 Å². The number of hydrogen-bond acceptors (Lipinski definition) is 5. The summed E-state index contributed by atoms with van der Waals surface area (Å²) in [5, 5.41) is 17.4. The largest absolute Gasteiger partial charge is 0.491 e. The Morgan fingerprint density at radius 3 is 1.35 bits per heavy atom. The van der Waals surface area contributed by atoms with Crippen LogP contribution in [0.5, 0.6) is 11.5 Å². The first-order chi connectivity index (χ1) is 11.3. The minimum atomic E-state index is 0.00862. The lowest BCUT2D eigenvalue weighted by Crippen LogP contribution is -2.02. The van der Waals surface area contributed by atoms with Crippen molar-refractivity contribution in [3.05, 3.63) is 59.7 Å². The van der Waals surface area contributed by atoms with Gasteiger partial charge in [-0.1, -0.05) is 24.3 Å². The Labute approximate surface area is 136 Å². The zero-order chi connectivity index (χ0) is 16.3. The highest BCUT2D eigenvalue weighted by atomic mass is 16.5. The van der Waals surface area contributed by atoms with Crippen LogP contribution in [0.25, 0.3) is 0 Å². The van der Waals surface area contributed by atoms with E-state index in [1.807, 2.05) is 48.5 Å². The van der Waals surface area contributed by atoms with Gasteiger partial charge < -0.3 is 24.4 Å². The van der Waals surface area contributed by atoms with E-state index in [4.69, 9.17) is 24.4 Å². The molecule has 0 aliphatic carbocycles. The van der Waals surface area contributed by atoms with Crippen LogP contribution in [0.4, 0.5) is 0 Å². The van der Waals surface area contributed by atoms with Gasteiger partial charge in [-0.05, 0) is 35.4 Å². The van der Waals surface area contributed by atoms with Crippen molar-refractivity contribution in [2.24, 2.45) is 0 Å². The molecular weight excluding hydrogens is 296 g/mol. The first kappa shape index (κ1) is 17.3. The second-order valence-corrected chi connectivity index (χ2v) is 4.92. The van der Waals surface area contributed by atoms with Gasteiger partial charge in [-0.15, -0.1) is 0 Å². The molecule has 2 aromatic rings. The topological polar surface area (TPSA) is 68.2 Å². The number of rotatable bonds is 10. The van der Waals surface area contributed by atoms with Gasteiger partial charge in [0.1, 0.15) is 24.7 Å². The van der Waals surface area contributed by atoms with Crippen molar-refractivity contribution in [2.75, 3.05) is 26.4 Å². The molecule has 2 N–H and O–H groups in total. The van der Waals surface area contributed by atoms with Crippen molar-refractivity contribution >= 4 is 0 Å². The molecule has 0 spiro atoms. The highest BCUT2D eigenvalue weighted by molar-refractivity contribution is 5.28. The fourth-order valence-electron chi connectivity index (χ4n) is 1.98. The Balaban J connectivity index is 1.73. The minimum absolute atomic E-state index is 0.00862. The van der Waals surface area contributed by atoms with Crippen molar-refractivity contribution in [1.82, 2.24) is 0 Å². The average molecular weight is 318 g/mol. The summed E-state index contributed by atoms with van der Waals surface area (Å²) in [5.41, 5.74) is 2.12. The lowest BCUT2D eigenvalue weighted by molar-refractivity contribution is 0.107. The molecule has 23 heavy (non-hydrogen) atoms.